The number of ether oxygens (including phenoxy) is 3. The first-order chi connectivity index (χ1) is 10.9. The summed E-state index contributed by atoms with van der Waals surface area (Å²) in [5.74, 6) is -2.12. The SMILES string of the molecule is COc1cc(O)c2c3c(c(C)cc(C(=O)O)c13)C(OC)OC2=O. The number of benzene rings is 2. The number of hydrogen-bond donors (Lipinski definition) is 2. The lowest BCUT2D eigenvalue weighted by molar-refractivity contribution is -0.0944. The average Bonchev–Trinajstić information content (AvgIpc) is 2.51. The van der Waals surface area contributed by atoms with E-state index < -0.39 is 18.2 Å². The van der Waals surface area contributed by atoms with E-state index in [1.165, 1.54) is 26.4 Å². The molecule has 0 fully saturated rings. The summed E-state index contributed by atoms with van der Waals surface area (Å²) in [4.78, 5) is 23.8. The summed E-state index contributed by atoms with van der Waals surface area (Å²) in [6.07, 6.45) is -0.980. The van der Waals surface area contributed by atoms with Gasteiger partial charge in [-0.25, -0.2) is 9.59 Å². The molecule has 0 radical (unpaired) electrons. The molecule has 0 saturated heterocycles. The number of aromatic hydroxyl groups is 1. The van der Waals surface area contributed by atoms with Crippen LogP contribution >= 0.6 is 0 Å². The number of carbonyl (C=O) groups excluding carboxylic acids is 1. The highest BCUT2D eigenvalue weighted by atomic mass is 16.7. The van der Waals surface area contributed by atoms with Gasteiger partial charge >= 0.3 is 11.9 Å². The number of phenolic OH excluding ortho intramolecular Hbond substituents is 1. The number of cyclic esters (lactones) is 1. The van der Waals surface area contributed by atoms with E-state index in [1.54, 1.807) is 6.92 Å². The zero-order chi connectivity index (χ0) is 16.9. The van der Waals surface area contributed by atoms with Gasteiger partial charge in [-0.05, 0) is 18.6 Å². The Kier molecular flexibility index (Phi) is 3.37. The second kappa shape index (κ2) is 5.13. The Morgan fingerprint density at radius 3 is 2.52 bits per heavy atom. The molecule has 1 atom stereocenters. The topological polar surface area (TPSA) is 102 Å². The number of rotatable bonds is 3. The third-order valence-corrected chi connectivity index (χ3v) is 3.91. The minimum atomic E-state index is -1.16. The molecule has 3 rings (SSSR count). The molecule has 1 unspecified atom stereocenters. The van der Waals surface area contributed by atoms with Gasteiger partial charge in [0.05, 0.1) is 12.7 Å². The van der Waals surface area contributed by atoms with Crippen molar-refractivity contribution in [2.24, 2.45) is 0 Å². The van der Waals surface area contributed by atoms with E-state index in [9.17, 15) is 19.8 Å². The van der Waals surface area contributed by atoms with Gasteiger partial charge in [0, 0.05) is 29.5 Å². The maximum Gasteiger partial charge on any atom is 0.345 e. The van der Waals surface area contributed by atoms with E-state index in [1.807, 2.05) is 0 Å². The van der Waals surface area contributed by atoms with Crippen molar-refractivity contribution in [1.82, 2.24) is 0 Å². The maximum atomic E-state index is 12.2. The van der Waals surface area contributed by atoms with Crippen molar-refractivity contribution in [1.29, 1.82) is 0 Å². The van der Waals surface area contributed by atoms with E-state index in [4.69, 9.17) is 14.2 Å². The Labute approximate surface area is 131 Å². The molecular weight excluding hydrogens is 304 g/mol. The van der Waals surface area contributed by atoms with E-state index >= 15 is 0 Å². The lowest BCUT2D eigenvalue weighted by Gasteiger charge is -2.27. The van der Waals surface area contributed by atoms with Crippen molar-refractivity contribution < 1.29 is 34.0 Å². The average molecular weight is 318 g/mol. The van der Waals surface area contributed by atoms with Crippen molar-refractivity contribution in [2.75, 3.05) is 14.2 Å². The quantitative estimate of drug-likeness (QED) is 0.837. The number of carboxylic acids is 1. The zero-order valence-corrected chi connectivity index (χ0v) is 12.7. The van der Waals surface area contributed by atoms with Crippen LogP contribution in [0.25, 0.3) is 10.8 Å². The minimum absolute atomic E-state index is 0.0242. The summed E-state index contributed by atoms with van der Waals surface area (Å²) < 4.78 is 15.6. The molecule has 7 nitrogen and oxygen atoms in total. The summed E-state index contributed by atoms with van der Waals surface area (Å²) in [7, 11) is 2.73. The molecule has 0 bridgehead atoms. The summed E-state index contributed by atoms with van der Waals surface area (Å²) >= 11 is 0. The smallest absolute Gasteiger partial charge is 0.345 e. The number of aromatic carboxylic acids is 1. The fraction of sp³-hybridized carbons (Fsp3) is 0.250. The van der Waals surface area contributed by atoms with Gasteiger partial charge in [-0.2, -0.15) is 0 Å². The largest absolute Gasteiger partial charge is 0.507 e. The van der Waals surface area contributed by atoms with Gasteiger partial charge < -0.3 is 24.4 Å². The van der Waals surface area contributed by atoms with Crippen LogP contribution in [0.15, 0.2) is 12.1 Å². The van der Waals surface area contributed by atoms with E-state index in [0.29, 0.717) is 11.1 Å². The molecular formula is C16H14O7. The van der Waals surface area contributed by atoms with Crippen LogP contribution in [0, 0.1) is 6.92 Å². The first-order valence-corrected chi connectivity index (χ1v) is 6.74. The third-order valence-electron chi connectivity index (χ3n) is 3.91. The fourth-order valence-corrected chi connectivity index (χ4v) is 2.97. The Balaban J connectivity index is 2.61. The Bertz CT molecular complexity index is 854. The lowest BCUT2D eigenvalue weighted by Crippen LogP contribution is -2.22. The predicted molar refractivity (Wildman–Crippen MR) is 79.0 cm³/mol. The monoisotopic (exact) mass is 318 g/mol. The molecule has 2 N–H and O–H groups in total. The number of hydrogen-bond acceptors (Lipinski definition) is 6. The number of carboxylic acid groups (broad SMARTS) is 1. The van der Waals surface area contributed by atoms with Crippen LogP contribution in [0.1, 0.15) is 38.1 Å². The molecule has 0 saturated carbocycles. The second-order valence-electron chi connectivity index (χ2n) is 5.16. The molecule has 23 heavy (non-hydrogen) atoms. The number of phenols is 1. The molecule has 120 valence electrons. The van der Waals surface area contributed by atoms with Gasteiger partial charge in [-0.15, -0.1) is 0 Å². The van der Waals surface area contributed by atoms with Crippen molar-refractivity contribution in [3.8, 4) is 11.5 Å². The molecule has 2 aromatic rings. The van der Waals surface area contributed by atoms with Gasteiger partial charge in [0.2, 0.25) is 6.29 Å². The van der Waals surface area contributed by atoms with Crippen LogP contribution in [0.5, 0.6) is 11.5 Å². The second-order valence-corrected chi connectivity index (χ2v) is 5.16. The van der Waals surface area contributed by atoms with Gasteiger partial charge in [-0.3, -0.25) is 0 Å². The summed E-state index contributed by atoms with van der Waals surface area (Å²) in [6, 6.07) is 2.67. The number of carbonyl (C=O) groups is 2. The zero-order valence-electron chi connectivity index (χ0n) is 12.7. The van der Waals surface area contributed by atoms with Crippen molar-refractivity contribution in [3.05, 3.63) is 34.4 Å². The van der Waals surface area contributed by atoms with Crippen molar-refractivity contribution >= 4 is 22.7 Å². The van der Waals surface area contributed by atoms with Crippen LogP contribution in [-0.2, 0) is 9.47 Å². The summed E-state index contributed by atoms with van der Waals surface area (Å²) in [6.45, 7) is 1.69. The molecule has 0 aromatic heterocycles. The van der Waals surface area contributed by atoms with Crippen LogP contribution in [0.3, 0.4) is 0 Å². The van der Waals surface area contributed by atoms with Gasteiger partial charge in [-0.1, -0.05) is 0 Å². The van der Waals surface area contributed by atoms with Crippen molar-refractivity contribution in [3.63, 3.8) is 0 Å². The molecule has 1 heterocycles. The summed E-state index contributed by atoms with van der Waals surface area (Å²) in [5.41, 5.74) is 0.957. The van der Waals surface area contributed by atoms with Gasteiger partial charge in [0.1, 0.15) is 17.1 Å². The fourth-order valence-electron chi connectivity index (χ4n) is 2.97. The standard InChI is InChI=1S/C16H14O7/c1-6-4-7(14(18)19)11-9(21-2)5-8(17)12-13(11)10(6)16(22-3)23-15(12)20/h4-5,16-17H,1-3H3,(H,18,19). The highest BCUT2D eigenvalue weighted by Gasteiger charge is 2.35. The Hall–Kier alpha value is -2.80. The molecule has 7 heteroatoms. The van der Waals surface area contributed by atoms with Crippen molar-refractivity contribution in [2.45, 2.75) is 13.2 Å². The van der Waals surface area contributed by atoms with E-state index in [2.05, 4.69) is 0 Å². The Morgan fingerprint density at radius 1 is 1.26 bits per heavy atom. The molecule has 0 aliphatic carbocycles. The number of esters is 1. The van der Waals surface area contributed by atoms with E-state index in [0.717, 1.165) is 0 Å². The van der Waals surface area contributed by atoms with E-state index in [-0.39, 0.29) is 33.4 Å². The van der Waals surface area contributed by atoms with Crippen LogP contribution in [-0.4, -0.2) is 36.4 Å². The minimum Gasteiger partial charge on any atom is -0.507 e. The maximum absolute atomic E-state index is 12.2. The first kappa shape index (κ1) is 15.1. The molecule has 0 amide bonds. The van der Waals surface area contributed by atoms with Gasteiger partial charge in [0.15, 0.2) is 0 Å². The Morgan fingerprint density at radius 2 is 1.96 bits per heavy atom. The normalized spacial score (nSPS) is 16.3. The lowest BCUT2D eigenvalue weighted by atomic mass is 9.89. The molecule has 2 aromatic carbocycles. The van der Waals surface area contributed by atoms with Crippen LogP contribution in [0.4, 0.5) is 0 Å². The highest BCUT2D eigenvalue weighted by molar-refractivity contribution is 6.17. The van der Waals surface area contributed by atoms with Crippen LogP contribution < -0.4 is 4.74 Å². The molecule has 1 aliphatic heterocycles. The highest BCUT2D eigenvalue weighted by Crippen LogP contribution is 2.46. The van der Waals surface area contributed by atoms with Crippen LogP contribution in [0.2, 0.25) is 0 Å². The molecule has 1 aliphatic rings. The summed E-state index contributed by atoms with van der Waals surface area (Å²) in [5, 5.41) is 20.2. The third kappa shape index (κ3) is 2.01. The molecule has 0 spiro atoms. The number of methoxy groups -OCH3 is 2. The van der Waals surface area contributed by atoms with Gasteiger partial charge in [0.25, 0.3) is 0 Å². The number of aryl methyl sites for hydroxylation is 1. The first-order valence-electron chi connectivity index (χ1n) is 6.74. The predicted octanol–water partition coefficient (Wildman–Crippen LogP) is 2.38.